The lowest BCUT2D eigenvalue weighted by molar-refractivity contribution is 0.0277. The lowest BCUT2D eigenvalue weighted by Gasteiger charge is -2.21. The van der Waals surface area contributed by atoms with Gasteiger partial charge in [-0.25, -0.2) is 14.4 Å². The van der Waals surface area contributed by atoms with Crippen LogP contribution in [0.4, 0.5) is 5.69 Å². The molecular formula is C28H26Cl2N2O8. The molecule has 4 N–H and O–H groups in total. The molecule has 3 aromatic carbocycles. The number of halogens is 2. The minimum Gasteiger partial charge on any atom is -0.507 e. The van der Waals surface area contributed by atoms with Crippen molar-refractivity contribution in [2.24, 2.45) is 0 Å². The van der Waals surface area contributed by atoms with E-state index < -0.39 is 52.4 Å². The maximum absolute atomic E-state index is 13.3. The summed E-state index contributed by atoms with van der Waals surface area (Å²) in [6.45, 7) is 4.86. The molecule has 0 aliphatic heterocycles. The van der Waals surface area contributed by atoms with Gasteiger partial charge < -0.3 is 30.3 Å². The summed E-state index contributed by atoms with van der Waals surface area (Å²) in [6.07, 6.45) is -0.495. The molecule has 3 aromatic rings. The minimum absolute atomic E-state index is 0.0311. The first kappa shape index (κ1) is 30.4. The number of rotatable bonds is 10. The van der Waals surface area contributed by atoms with Crippen LogP contribution in [0, 0.1) is 0 Å². The van der Waals surface area contributed by atoms with E-state index in [-0.39, 0.29) is 11.3 Å². The van der Waals surface area contributed by atoms with Gasteiger partial charge in [-0.05, 0) is 62.5 Å². The number of hydrogen-bond donors (Lipinski definition) is 4. The fourth-order valence-electron chi connectivity index (χ4n) is 3.88. The van der Waals surface area contributed by atoms with Crippen LogP contribution in [0.1, 0.15) is 55.3 Å². The lowest BCUT2D eigenvalue weighted by Crippen LogP contribution is -2.30. The van der Waals surface area contributed by atoms with E-state index >= 15 is 0 Å². The van der Waals surface area contributed by atoms with Gasteiger partial charge in [0, 0.05) is 22.2 Å². The van der Waals surface area contributed by atoms with E-state index in [2.05, 4.69) is 5.32 Å². The van der Waals surface area contributed by atoms with Crippen LogP contribution < -0.4 is 5.32 Å². The molecule has 0 aliphatic carbocycles. The van der Waals surface area contributed by atoms with Gasteiger partial charge in [-0.1, -0.05) is 42.3 Å². The second-order valence-electron chi connectivity index (χ2n) is 8.93. The van der Waals surface area contributed by atoms with Gasteiger partial charge in [-0.2, -0.15) is 0 Å². The van der Waals surface area contributed by atoms with Crippen LogP contribution in [0.15, 0.2) is 48.5 Å². The maximum Gasteiger partial charge on any atom is 0.340 e. The zero-order valence-corrected chi connectivity index (χ0v) is 23.2. The number of aromatic hydroxyl groups is 1. The van der Waals surface area contributed by atoms with Crippen molar-refractivity contribution in [2.75, 3.05) is 25.5 Å². The molecule has 0 spiro atoms. The molecule has 0 saturated heterocycles. The number of carbonyl (C=O) groups excluding carboxylic acids is 2. The van der Waals surface area contributed by atoms with Crippen molar-refractivity contribution >= 4 is 52.7 Å². The summed E-state index contributed by atoms with van der Waals surface area (Å²) in [5.41, 5.74) is -0.913. The maximum atomic E-state index is 13.3. The van der Waals surface area contributed by atoms with Crippen LogP contribution in [0.3, 0.4) is 0 Å². The first-order chi connectivity index (χ1) is 18.8. The van der Waals surface area contributed by atoms with Crippen LogP contribution in [0.25, 0.3) is 11.1 Å². The molecule has 210 valence electrons. The van der Waals surface area contributed by atoms with Crippen LogP contribution in [-0.4, -0.2) is 70.3 Å². The average Bonchev–Trinajstić information content (AvgIpc) is 2.87. The quantitative estimate of drug-likeness (QED) is 0.224. The van der Waals surface area contributed by atoms with Gasteiger partial charge in [0.15, 0.2) is 0 Å². The molecular weight excluding hydrogens is 563 g/mol. The molecule has 10 nitrogen and oxygen atoms in total. The number of benzene rings is 3. The highest BCUT2D eigenvalue weighted by molar-refractivity contribution is 6.36. The Hall–Kier alpha value is -4.12. The molecule has 0 fully saturated rings. The van der Waals surface area contributed by atoms with E-state index in [0.717, 1.165) is 12.6 Å². The lowest BCUT2D eigenvalue weighted by atomic mass is 10.00. The molecule has 0 aliphatic rings. The first-order valence-electron chi connectivity index (χ1n) is 12.0. The highest BCUT2D eigenvalue weighted by Gasteiger charge is 2.25. The smallest absolute Gasteiger partial charge is 0.340 e. The summed E-state index contributed by atoms with van der Waals surface area (Å²) in [4.78, 5) is 51.5. The summed E-state index contributed by atoms with van der Waals surface area (Å²) in [6, 6.07) is 10.7. The van der Waals surface area contributed by atoms with Gasteiger partial charge in [0.1, 0.15) is 17.4 Å². The number of ether oxygens (including phenoxy) is 1. The predicted octanol–water partition coefficient (Wildman–Crippen LogP) is 5.51. The molecule has 1 atom stereocenters. The summed E-state index contributed by atoms with van der Waals surface area (Å²) >= 11 is 12.4. The zero-order valence-electron chi connectivity index (χ0n) is 21.7. The average molecular weight is 589 g/mol. The number of nitrogens with zero attached hydrogens (tertiary/aromatic N) is 1. The second-order valence-corrected chi connectivity index (χ2v) is 9.78. The van der Waals surface area contributed by atoms with Gasteiger partial charge in [-0.3, -0.25) is 4.79 Å². The van der Waals surface area contributed by atoms with E-state index in [1.165, 1.54) is 18.2 Å². The Bertz CT molecular complexity index is 1490. The van der Waals surface area contributed by atoms with Crippen molar-refractivity contribution < 1.29 is 39.2 Å². The molecule has 3 rings (SSSR count). The van der Waals surface area contributed by atoms with Crippen LogP contribution in [0.5, 0.6) is 5.75 Å². The number of esters is 1. The Morgan fingerprint density at radius 3 is 2.20 bits per heavy atom. The van der Waals surface area contributed by atoms with Gasteiger partial charge in [0.25, 0.3) is 5.91 Å². The normalized spacial score (nSPS) is 11.7. The molecule has 0 bridgehead atoms. The molecule has 12 heteroatoms. The van der Waals surface area contributed by atoms with E-state index in [0.29, 0.717) is 33.8 Å². The molecule has 0 aromatic heterocycles. The summed E-state index contributed by atoms with van der Waals surface area (Å²) in [7, 11) is 1.87. The van der Waals surface area contributed by atoms with E-state index in [1.807, 2.05) is 18.9 Å². The molecule has 1 amide bonds. The van der Waals surface area contributed by atoms with Crippen molar-refractivity contribution in [1.82, 2.24) is 4.90 Å². The van der Waals surface area contributed by atoms with E-state index in [1.54, 1.807) is 25.1 Å². The molecule has 0 saturated carbocycles. The van der Waals surface area contributed by atoms with Crippen molar-refractivity contribution in [3.05, 3.63) is 80.8 Å². The van der Waals surface area contributed by atoms with Crippen LogP contribution >= 0.6 is 23.2 Å². The van der Waals surface area contributed by atoms with Gasteiger partial charge in [-0.15, -0.1) is 0 Å². The number of hydrogen-bond acceptors (Lipinski definition) is 7. The molecule has 1 unspecified atom stereocenters. The topological polar surface area (TPSA) is 153 Å². The van der Waals surface area contributed by atoms with Crippen LogP contribution in [-0.2, 0) is 4.74 Å². The SMILES string of the molecule is CCN(C)CC(C)OC(=O)c1ccc(-c2ccc(Cl)cc2Cl)cc1NC(=O)c1cc(O)c(C(=O)O)cc1C(=O)O. The molecule has 0 radical (unpaired) electrons. The number of phenols is 1. The fraction of sp³-hybridized carbons (Fsp3) is 0.214. The van der Waals surface area contributed by atoms with Crippen molar-refractivity contribution in [3.63, 3.8) is 0 Å². The molecule has 40 heavy (non-hydrogen) atoms. The minimum atomic E-state index is -1.59. The zero-order chi connectivity index (χ0) is 29.7. The number of nitrogens with one attached hydrogen (secondary N) is 1. The third-order valence-electron chi connectivity index (χ3n) is 5.99. The third-order valence-corrected chi connectivity index (χ3v) is 6.54. The largest absolute Gasteiger partial charge is 0.507 e. The number of carbonyl (C=O) groups is 4. The monoisotopic (exact) mass is 588 g/mol. The number of carboxylic acids is 2. The summed E-state index contributed by atoms with van der Waals surface area (Å²) < 4.78 is 5.57. The standard InChI is InChI=1S/C28H26Cl2N2O8/c1-4-32(3)13-14(2)40-28(39)18-7-5-15(17-8-6-16(29)10-22(17)30)9-23(18)31-25(34)19-12-24(33)21(27(37)38)11-20(19)26(35)36/h5-12,14,33H,4,13H2,1-3H3,(H,31,34)(H,35,36)(H,37,38). The number of likely N-dealkylation sites (N-methyl/N-ethyl adjacent to an activating group) is 1. The Labute approximate surface area is 239 Å². The number of aromatic carboxylic acids is 2. The van der Waals surface area contributed by atoms with Crippen molar-refractivity contribution in [2.45, 2.75) is 20.0 Å². The third kappa shape index (κ3) is 7.09. The number of anilines is 1. The van der Waals surface area contributed by atoms with Gasteiger partial charge in [0.2, 0.25) is 0 Å². The second kappa shape index (κ2) is 12.8. The predicted molar refractivity (Wildman–Crippen MR) is 150 cm³/mol. The van der Waals surface area contributed by atoms with Crippen molar-refractivity contribution in [1.29, 1.82) is 0 Å². The van der Waals surface area contributed by atoms with Gasteiger partial charge >= 0.3 is 17.9 Å². The number of carboxylic acid groups (broad SMARTS) is 2. The first-order valence-corrected chi connectivity index (χ1v) is 12.7. The van der Waals surface area contributed by atoms with Gasteiger partial charge in [0.05, 0.1) is 22.4 Å². The van der Waals surface area contributed by atoms with Crippen molar-refractivity contribution in [3.8, 4) is 16.9 Å². The van der Waals surface area contributed by atoms with E-state index in [4.69, 9.17) is 27.9 Å². The Morgan fingerprint density at radius 1 is 0.925 bits per heavy atom. The van der Waals surface area contributed by atoms with Crippen LogP contribution in [0.2, 0.25) is 10.0 Å². The summed E-state index contributed by atoms with van der Waals surface area (Å²) in [5.74, 6) is -5.74. The number of amides is 1. The molecule has 0 heterocycles. The highest BCUT2D eigenvalue weighted by atomic mass is 35.5. The Morgan fingerprint density at radius 2 is 1.60 bits per heavy atom. The van der Waals surface area contributed by atoms with E-state index in [9.17, 15) is 34.5 Å². The summed E-state index contributed by atoms with van der Waals surface area (Å²) in [5, 5.41) is 32.1. The Balaban J connectivity index is 2.08. The Kier molecular flexibility index (Phi) is 9.75. The fourth-order valence-corrected chi connectivity index (χ4v) is 4.40. The highest BCUT2D eigenvalue weighted by Crippen LogP contribution is 2.34.